The molecule has 3 N–H and O–H groups in total. The third kappa shape index (κ3) is 2.79. The van der Waals surface area contributed by atoms with Crippen LogP contribution in [-0.4, -0.2) is 22.4 Å². The average molecular weight is 180 g/mol. The van der Waals surface area contributed by atoms with E-state index in [9.17, 15) is 4.79 Å². The summed E-state index contributed by atoms with van der Waals surface area (Å²) in [5.41, 5.74) is 5.33. The van der Waals surface area contributed by atoms with Crippen LogP contribution in [0.15, 0.2) is 18.6 Å². The van der Waals surface area contributed by atoms with Crippen LogP contribution in [0.3, 0.4) is 0 Å². The second-order valence-electron chi connectivity index (χ2n) is 2.72. The molecule has 13 heavy (non-hydrogen) atoms. The van der Waals surface area contributed by atoms with E-state index in [4.69, 9.17) is 5.73 Å². The molecule has 0 saturated carbocycles. The third-order valence-electron chi connectivity index (χ3n) is 1.63. The Labute approximate surface area is 76.4 Å². The van der Waals surface area contributed by atoms with Gasteiger partial charge in [-0.05, 0) is 6.07 Å². The van der Waals surface area contributed by atoms with Gasteiger partial charge < -0.3 is 11.1 Å². The van der Waals surface area contributed by atoms with Gasteiger partial charge in [0.2, 0.25) is 5.91 Å². The van der Waals surface area contributed by atoms with E-state index < -0.39 is 0 Å². The van der Waals surface area contributed by atoms with Gasteiger partial charge in [0.05, 0.1) is 0 Å². The fourth-order valence-electron chi connectivity index (χ4n) is 0.721. The molecule has 0 aromatic carbocycles. The number of amides is 1. The van der Waals surface area contributed by atoms with Gasteiger partial charge in [-0.15, -0.1) is 0 Å². The van der Waals surface area contributed by atoms with Crippen molar-refractivity contribution >= 4 is 11.7 Å². The van der Waals surface area contributed by atoms with Gasteiger partial charge in [0.1, 0.15) is 12.1 Å². The normalized spacial score (nSPS) is 12.2. The number of carbonyl (C=O) groups is 1. The van der Waals surface area contributed by atoms with Crippen molar-refractivity contribution < 1.29 is 4.79 Å². The van der Waals surface area contributed by atoms with E-state index in [0.29, 0.717) is 12.4 Å². The van der Waals surface area contributed by atoms with Crippen LogP contribution >= 0.6 is 0 Å². The predicted molar refractivity (Wildman–Crippen MR) is 48.9 cm³/mol. The molecule has 5 nitrogen and oxygen atoms in total. The quantitative estimate of drug-likeness (QED) is 0.686. The smallest absolute Gasteiger partial charge is 0.229 e. The van der Waals surface area contributed by atoms with Gasteiger partial charge in [0.25, 0.3) is 0 Å². The Hall–Kier alpha value is -1.49. The summed E-state index contributed by atoms with van der Waals surface area (Å²) in [7, 11) is 0. The van der Waals surface area contributed by atoms with Crippen molar-refractivity contribution in [2.45, 2.75) is 6.92 Å². The molecule has 5 heteroatoms. The lowest BCUT2D eigenvalue weighted by atomic mass is 10.2. The number of carbonyl (C=O) groups excluding carboxylic acids is 1. The van der Waals surface area contributed by atoms with Crippen LogP contribution in [0, 0.1) is 5.92 Å². The molecular weight excluding hydrogens is 168 g/mol. The molecular formula is C8H12N4O. The topological polar surface area (TPSA) is 80.9 Å². The van der Waals surface area contributed by atoms with E-state index in [-0.39, 0.29) is 11.8 Å². The Morgan fingerprint density at radius 1 is 1.77 bits per heavy atom. The summed E-state index contributed by atoms with van der Waals surface area (Å²) in [6.07, 6.45) is 2.94. The zero-order chi connectivity index (χ0) is 9.68. The molecule has 1 heterocycles. The van der Waals surface area contributed by atoms with Gasteiger partial charge in [-0.2, -0.15) is 0 Å². The molecule has 1 atom stereocenters. The summed E-state index contributed by atoms with van der Waals surface area (Å²) in [4.78, 5) is 18.9. The lowest BCUT2D eigenvalue weighted by Crippen LogP contribution is -2.26. The first-order valence-corrected chi connectivity index (χ1v) is 4.01. The molecule has 1 aromatic rings. The number of hydrogen-bond acceptors (Lipinski definition) is 4. The third-order valence-corrected chi connectivity index (χ3v) is 1.63. The first kappa shape index (κ1) is 9.60. The molecule has 1 amide bonds. The van der Waals surface area contributed by atoms with Crippen molar-refractivity contribution in [2.24, 2.45) is 11.7 Å². The van der Waals surface area contributed by atoms with Crippen molar-refractivity contribution in [3.05, 3.63) is 18.6 Å². The summed E-state index contributed by atoms with van der Waals surface area (Å²) in [6.45, 7) is 2.09. The van der Waals surface area contributed by atoms with Gasteiger partial charge in [0.15, 0.2) is 0 Å². The fourth-order valence-corrected chi connectivity index (χ4v) is 0.721. The lowest BCUT2D eigenvalue weighted by Gasteiger charge is -2.08. The zero-order valence-electron chi connectivity index (χ0n) is 7.40. The number of nitrogens with two attached hydrogens (primary N) is 1. The van der Waals surface area contributed by atoms with Crippen LogP contribution in [0.4, 0.5) is 5.82 Å². The zero-order valence-corrected chi connectivity index (χ0v) is 7.40. The van der Waals surface area contributed by atoms with Gasteiger partial charge >= 0.3 is 0 Å². The first-order valence-electron chi connectivity index (χ1n) is 4.01. The molecule has 0 aliphatic carbocycles. The Morgan fingerprint density at radius 3 is 3.08 bits per heavy atom. The second kappa shape index (κ2) is 4.51. The van der Waals surface area contributed by atoms with Crippen LogP contribution in [0.25, 0.3) is 0 Å². The Balaban J connectivity index is 2.55. The highest BCUT2D eigenvalue weighted by molar-refractivity contribution is 5.91. The van der Waals surface area contributed by atoms with Crippen molar-refractivity contribution in [1.82, 2.24) is 9.97 Å². The Bertz CT molecular complexity index is 275. The van der Waals surface area contributed by atoms with Crippen molar-refractivity contribution in [3.63, 3.8) is 0 Å². The van der Waals surface area contributed by atoms with E-state index in [2.05, 4.69) is 15.3 Å². The highest BCUT2D eigenvalue weighted by Crippen LogP contribution is 2.01. The summed E-state index contributed by atoms with van der Waals surface area (Å²) in [5.74, 6) is 0.177. The standard InChI is InChI=1S/C8H12N4O/c1-6(4-9)8(13)12-7-2-3-10-5-11-7/h2-3,5-6H,4,9H2,1H3,(H,10,11,12,13). The predicted octanol–water partition coefficient (Wildman–Crippen LogP) is 0.00990. The van der Waals surface area contributed by atoms with Crippen molar-refractivity contribution in [2.75, 3.05) is 11.9 Å². The molecule has 0 spiro atoms. The van der Waals surface area contributed by atoms with Crippen LogP contribution in [0.2, 0.25) is 0 Å². The molecule has 0 radical (unpaired) electrons. The molecule has 0 saturated heterocycles. The minimum Gasteiger partial charge on any atom is -0.330 e. The van der Waals surface area contributed by atoms with Crippen LogP contribution in [0.1, 0.15) is 6.92 Å². The second-order valence-corrected chi connectivity index (χ2v) is 2.72. The molecule has 1 unspecified atom stereocenters. The maximum absolute atomic E-state index is 11.3. The maximum Gasteiger partial charge on any atom is 0.229 e. The van der Waals surface area contributed by atoms with E-state index in [1.807, 2.05) is 0 Å². The first-order chi connectivity index (χ1) is 6.24. The average Bonchev–Trinajstić information content (AvgIpc) is 2.18. The van der Waals surface area contributed by atoms with Gasteiger partial charge in [-0.25, -0.2) is 9.97 Å². The number of anilines is 1. The minimum absolute atomic E-state index is 0.124. The van der Waals surface area contributed by atoms with Crippen molar-refractivity contribution in [3.8, 4) is 0 Å². The number of nitrogens with one attached hydrogen (secondary N) is 1. The van der Waals surface area contributed by atoms with Gasteiger partial charge in [0, 0.05) is 18.7 Å². The number of aromatic nitrogens is 2. The fraction of sp³-hybridized carbons (Fsp3) is 0.375. The van der Waals surface area contributed by atoms with E-state index >= 15 is 0 Å². The van der Waals surface area contributed by atoms with E-state index in [0.717, 1.165) is 0 Å². The monoisotopic (exact) mass is 180 g/mol. The van der Waals surface area contributed by atoms with E-state index in [1.165, 1.54) is 6.33 Å². The summed E-state index contributed by atoms with van der Waals surface area (Å²) < 4.78 is 0. The van der Waals surface area contributed by atoms with Gasteiger partial charge in [-0.3, -0.25) is 4.79 Å². The Kier molecular flexibility index (Phi) is 3.33. The molecule has 0 aliphatic rings. The maximum atomic E-state index is 11.3. The summed E-state index contributed by atoms with van der Waals surface area (Å²) in [5, 5.41) is 2.62. The summed E-state index contributed by atoms with van der Waals surface area (Å²) in [6, 6.07) is 1.63. The molecule has 70 valence electrons. The van der Waals surface area contributed by atoms with Crippen LogP contribution < -0.4 is 11.1 Å². The Morgan fingerprint density at radius 2 is 2.54 bits per heavy atom. The molecule has 0 fully saturated rings. The highest BCUT2D eigenvalue weighted by Gasteiger charge is 2.10. The van der Waals surface area contributed by atoms with Crippen LogP contribution in [-0.2, 0) is 4.79 Å². The largest absolute Gasteiger partial charge is 0.330 e. The number of nitrogens with zero attached hydrogens (tertiary/aromatic N) is 2. The number of rotatable bonds is 3. The minimum atomic E-state index is -0.199. The summed E-state index contributed by atoms with van der Waals surface area (Å²) >= 11 is 0. The molecule has 1 aromatic heterocycles. The van der Waals surface area contributed by atoms with E-state index in [1.54, 1.807) is 19.2 Å². The molecule has 0 bridgehead atoms. The van der Waals surface area contributed by atoms with Crippen LogP contribution in [0.5, 0.6) is 0 Å². The van der Waals surface area contributed by atoms with Gasteiger partial charge in [-0.1, -0.05) is 6.92 Å². The number of hydrogen-bond donors (Lipinski definition) is 2. The SMILES string of the molecule is CC(CN)C(=O)Nc1ccncn1. The highest BCUT2D eigenvalue weighted by atomic mass is 16.1. The lowest BCUT2D eigenvalue weighted by molar-refractivity contribution is -0.119. The molecule has 1 rings (SSSR count). The molecule has 0 aliphatic heterocycles. The van der Waals surface area contributed by atoms with Crippen molar-refractivity contribution in [1.29, 1.82) is 0 Å².